The molecule has 2 aromatic heterocycles. The van der Waals surface area contributed by atoms with E-state index in [1.807, 2.05) is 32.0 Å². The zero-order valence-electron chi connectivity index (χ0n) is 21.0. The van der Waals surface area contributed by atoms with Crippen LogP contribution >= 0.6 is 0 Å². The van der Waals surface area contributed by atoms with Crippen molar-refractivity contribution in [2.24, 2.45) is 0 Å². The number of nitrogens with zero attached hydrogens (tertiary/aromatic N) is 3. The summed E-state index contributed by atoms with van der Waals surface area (Å²) in [7, 11) is 0. The zero-order valence-corrected chi connectivity index (χ0v) is 21.0. The molecule has 0 atom stereocenters. The molecule has 184 valence electrons. The summed E-state index contributed by atoms with van der Waals surface area (Å²) in [5.41, 5.74) is 6.81. The van der Waals surface area contributed by atoms with Crippen molar-refractivity contribution in [1.82, 2.24) is 4.98 Å². The molecule has 0 radical (unpaired) electrons. The van der Waals surface area contributed by atoms with E-state index in [1.165, 1.54) is 5.56 Å². The molecule has 2 aromatic carbocycles. The van der Waals surface area contributed by atoms with Gasteiger partial charge >= 0.3 is 5.97 Å². The van der Waals surface area contributed by atoms with Gasteiger partial charge in [-0.15, -0.1) is 0 Å². The summed E-state index contributed by atoms with van der Waals surface area (Å²) in [5, 5.41) is 10.1. The molecule has 0 amide bonds. The Balaban J connectivity index is 1.56. The average molecular weight is 484 g/mol. The van der Waals surface area contributed by atoms with Gasteiger partial charge in [-0.2, -0.15) is 9.66 Å². The van der Waals surface area contributed by atoms with Crippen LogP contribution in [-0.4, -0.2) is 43.7 Å². The second-order valence-electron chi connectivity index (χ2n) is 9.44. The number of rotatable bonds is 7. The summed E-state index contributed by atoms with van der Waals surface area (Å²) >= 11 is 0. The number of ether oxygens (including phenoxy) is 1. The predicted octanol–water partition coefficient (Wildman–Crippen LogP) is 2.49. The Kier molecular flexibility index (Phi) is 6.88. The Morgan fingerprint density at radius 3 is 2.58 bits per heavy atom. The van der Waals surface area contributed by atoms with Crippen LogP contribution in [0.2, 0.25) is 0 Å². The largest absolute Gasteiger partial charge is 0.466 e. The standard InChI is InChI=1S/C29H31N5O2/c1-3-36-27(35)14-13-23-21(2)24(19-30)28-31-25-11-7-8-12-26(25)34(28)29(23)33-17-15-32(16-18-33)20-22-9-5-4-6-10-22/h4-12H,3,13-18,20H2,1-2H3/p+2. The molecule has 0 aliphatic carbocycles. The molecular formula is C29H33N5O2+2. The normalized spacial score (nSPS) is 14.3. The lowest BCUT2D eigenvalue weighted by Crippen LogP contribution is -3.13. The third kappa shape index (κ3) is 4.52. The van der Waals surface area contributed by atoms with E-state index in [-0.39, 0.29) is 5.97 Å². The van der Waals surface area contributed by atoms with Gasteiger partial charge in [0.1, 0.15) is 55.4 Å². The molecular weight excluding hydrogens is 450 g/mol. The van der Waals surface area contributed by atoms with E-state index >= 15 is 0 Å². The van der Waals surface area contributed by atoms with E-state index in [0.29, 0.717) is 25.0 Å². The van der Waals surface area contributed by atoms with Crippen LogP contribution < -0.4 is 14.2 Å². The zero-order chi connectivity index (χ0) is 25.1. The highest BCUT2D eigenvalue weighted by Gasteiger charge is 2.33. The number of esters is 1. The van der Waals surface area contributed by atoms with Crippen molar-refractivity contribution in [2.75, 3.05) is 37.7 Å². The maximum Gasteiger partial charge on any atom is 0.306 e. The first-order valence-corrected chi connectivity index (χ1v) is 12.8. The number of nitriles is 1. The van der Waals surface area contributed by atoms with Gasteiger partial charge in [0.25, 0.3) is 0 Å². The van der Waals surface area contributed by atoms with E-state index in [0.717, 1.165) is 66.3 Å². The van der Waals surface area contributed by atoms with Crippen molar-refractivity contribution in [3.05, 3.63) is 76.9 Å². The highest BCUT2D eigenvalue weighted by atomic mass is 16.5. The fourth-order valence-corrected chi connectivity index (χ4v) is 5.43. The van der Waals surface area contributed by atoms with E-state index in [4.69, 9.17) is 4.74 Å². The van der Waals surface area contributed by atoms with Crippen LogP contribution in [0, 0.1) is 18.3 Å². The van der Waals surface area contributed by atoms with Gasteiger partial charge in [0.05, 0.1) is 6.61 Å². The minimum Gasteiger partial charge on any atom is -0.466 e. The molecule has 1 aliphatic heterocycles. The molecule has 1 aliphatic rings. The highest BCUT2D eigenvalue weighted by Crippen LogP contribution is 2.29. The number of carbonyl (C=O) groups excluding carboxylic acids is 1. The van der Waals surface area contributed by atoms with Crippen LogP contribution in [0.25, 0.3) is 16.7 Å². The summed E-state index contributed by atoms with van der Waals surface area (Å²) in [6.45, 7) is 9.08. The third-order valence-corrected chi connectivity index (χ3v) is 7.23. The summed E-state index contributed by atoms with van der Waals surface area (Å²) in [6.07, 6.45) is 0.828. The van der Waals surface area contributed by atoms with Gasteiger partial charge in [-0.05, 0) is 38.0 Å². The number of pyridine rings is 1. The van der Waals surface area contributed by atoms with Crippen molar-refractivity contribution in [3.63, 3.8) is 0 Å². The van der Waals surface area contributed by atoms with E-state index in [9.17, 15) is 10.1 Å². The summed E-state index contributed by atoms with van der Waals surface area (Å²) in [6, 6.07) is 21.2. The average Bonchev–Trinajstić information content (AvgIpc) is 3.27. The first-order chi connectivity index (χ1) is 17.6. The Hall–Kier alpha value is -3.89. The van der Waals surface area contributed by atoms with Crippen LogP contribution in [0.4, 0.5) is 5.82 Å². The SMILES string of the molecule is CCOC(=O)CCc1c(C)c(C#N)c2[nH]c3ccccc3[n+]2c1N1CC[NH+](Cc2ccccc2)CC1. The van der Waals surface area contributed by atoms with Gasteiger partial charge in [0.2, 0.25) is 11.5 Å². The molecule has 2 N–H and O–H groups in total. The number of anilines is 1. The number of para-hydroxylation sites is 2. The smallest absolute Gasteiger partial charge is 0.306 e. The molecule has 0 saturated carbocycles. The molecule has 4 aromatic rings. The quantitative estimate of drug-likeness (QED) is 0.313. The van der Waals surface area contributed by atoms with Crippen LogP contribution in [0.5, 0.6) is 0 Å². The fourth-order valence-electron chi connectivity index (χ4n) is 5.43. The molecule has 5 rings (SSSR count). The monoisotopic (exact) mass is 483 g/mol. The van der Waals surface area contributed by atoms with Gasteiger partial charge in [0, 0.05) is 17.5 Å². The minimum atomic E-state index is -0.206. The Labute approximate surface area is 211 Å². The van der Waals surface area contributed by atoms with Crippen LogP contribution in [0.15, 0.2) is 54.6 Å². The molecule has 1 fully saturated rings. The molecule has 7 nitrogen and oxygen atoms in total. The molecule has 1 saturated heterocycles. The van der Waals surface area contributed by atoms with E-state index < -0.39 is 0 Å². The molecule has 0 bridgehead atoms. The van der Waals surface area contributed by atoms with Crippen LogP contribution in [0.3, 0.4) is 0 Å². The Morgan fingerprint density at radius 1 is 1.14 bits per heavy atom. The fraction of sp³-hybridized carbons (Fsp3) is 0.345. The molecule has 0 unspecified atom stereocenters. The molecule has 36 heavy (non-hydrogen) atoms. The number of hydrogen-bond donors (Lipinski definition) is 2. The van der Waals surface area contributed by atoms with Crippen molar-refractivity contribution in [1.29, 1.82) is 5.26 Å². The summed E-state index contributed by atoms with van der Waals surface area (Å²) < 4.78 is 7.42. The molecule has 0 spiro atoms. The number of quaternary nitrogens is 1. The number of piperazine rings is 1. The maximum atomic E-state index is 12.3. The second-order valence-corrected chi connectivity index (χ2v) is 9.44. The number of benzene rings is 2. The summed E-state index contributed by atoms with van der Waals surface area (Å²) in [5.74, 6) is 0.879. The van der Waals surface area contributed by atoms with Crippen LogP contribution in [0.1, 0.15) is 35.6 Å². The Bertz CT molecular complexity index is 1430. The van der Waals surface area contributed by atoms with Crippen molar-refractivity contribution in [2.45, 2.75) is 33.2 Å². The lowest BCUT2D eigenvalue weighted by molar-refractivity contribution is -0.914. The first kappa shape index (κ1) is 23.8. The van der Waals surface area contributed by atoms with Gasteiger partial charge < -0.3 is 9.64 Å². The van der Waals surface area contributed by atoms with Gasteiger partial charge in [-0.25, -0.2) is 0 Å². The third-order valence-electron chi connectivity index (χ3n) is 7.23. The molecule has 3 heterocycles. The van der Waals surface area contributed by atoms with Crippen molar-refractivity contribution >= 4 is 28.5 Å². The summed E-state index contributed by atoms with van der Waals surface area (Å²) in [4.78, 5) is 19.8. The van der Waals surface area contributed by atoms with Crippen LogP contribution in [-0.2, 0) is 22.5 Å². The van der Waals surface area contributed by atoms with Crippen molar-refractivity contribution < 1.29 is 18.8 Å². The van der Waals surface area contributed by atoms with Gasteiger partial charge in [-0.3, -0.25) is 14.7 Å². The second kappa shape index (κ2) is 10.4. The minimum absolute atomic E-state index is 0.206. The number of hydrogen-bond acceptors (Lipinski definition) is 4. The van der Waals surface area contributed by atoms with Gasteiger partial charge in [0.15, 0.2) is 0 Å². The lowest BCUT2D eigenvalue weighted by atomic mass is 9.99. The number of H-pyrrole nitrogens is 1. The number of carbonyl (C=O) groups is 1. The van der Waals surface area contributed by atoms with E-state index in [2.05, 4.69) is 56.8 Å². The number of aromatic nitrogens is 2. The lowest BCUT2D eigenvalue weighted by Gasteiger charge is -2.31. The highest BCUT2D eigenvalue weighted by molar-refractivity contribution is 5.78. The van der Waals surface area contributed by atoms with Gasteiger partial charge in [-0.1, -0.05) is 42.5 Å². The molecule has 7 heteroatoms. The predicted molar refractivity (Wildman–Crippen MR) is 139 cm³/mol. The number of nitrogens with one attached hydrogen (secondary N) is 2. The number of fused-ring (bicyclic) bond motifs is 3. The number of aromatic amines is 1. The first-order valence-electron chi connectivity index (χ1n) is 12.8. The number of imidazole rings is 1. The topological polar surface area (TPSA) is 77.7 Å². The Morgan fingerprint density at radius 2 is 1.86 bits per heavy atom. The maximum absolute atomic E-state index is 12.3. The van der Waals surface area contributed by atoms with E-state index in [1.54, 1.807) is 4.90 Å². The van der Waals surface area contributed by atoms with Crippen molar-refractivity contribution in [3.8, 4) is 6.07 Å².